The average Bonchev–Trinajstić information content (AvgIpc) is 2.63. The fourth-order valence-corrected chi connectivity index (χ4v) is 2.88. The van der Waals surface area contributed by atoms with E-state index in [1.54, 1.807) is 0 Å². The quantitative estimate of drug-likeness (QED) is 0.663. The Morgan fingerprint density at radius 1 is 1.47 bits per heavy atom. The van der Waals surface area contributed by atoms with Crippen LogP contribution in [0.2, 0.25) is 5.02 Å². The van der Waals surface area contributed by atoms with E-state index < -0.39 is 0 Å². The fourth-order valence-electron chi connectivity index (χ4n) is 2.11. The summed E-state index contributed by atoms with van der Waals surface area (Å²) in [5.41, 5.74) is 5.86. The van der Waals surface area contributed by atoms with Crippen molar-refractivity contribution >= 4 is 27.5 Å². The van der Waals surface area contributed by atoms with Crippen LogP contribution in [0.5, 0.6) is 0 Å². The maximum Gasteiger partial charge on any atom is 0.0738 e. The highest BCUT2D eigenvalue weighted by molar-refractivity contribution is 9.10. The summed E-state index contributed by atoms with van der Waals surface area (Å²) in [4.78, 5) is 0. The van der Waals surface area contributed by atoms with Crippen molar-refractivity contribution in [2.75, 3.05) is 0 Å². The van der Waals surface area contributed by atoms with Crippen molar-refractivity contribution in [1.29, 1.82) is 0 Å². The van der Waals surface area contributed by atoms with Crippen LogP contribution < -0.4 is 11.3 Å². The molecule has 102 valence electrons. The minimum atomic E-state index is -0.0557. The predicted molar refractivity (Wildman–Crippen MR) is 80.9 cm³/mol. The van der Waals surface area contributed by atoms with Crippen molar-refractivity contribution in [1.82, 2.24) is 15.2 Å². The van der Waals surface area contributed by atoms with Gasteiger partial charge in [0.2, 0.25) is 0 Å². The van der Waals surface area contributed by atoms with Crippen LogP contribution in [-0.2, 0) is 13.5 Å². The minimum Gasteiger partial charge on any atom is -0.271 e. The van der Waals surface area contributed by atoms with E-state index in [1.165, 1.54) is 0 Å². The van der Waals surface area contributed by atoms with E-state index in [1.807, 2.05) is 42.9 Å². The summed E-state index contributed by atoms with van der Waals surface area (Å²) in [5, 5.41) is 5.09. The van der Waals surface area contributed by atoms with Crippen LogP contribution in [-0.4, -0.2) is 9.78 Å². The van der Waals surface area contributed by atoms with Crippen molar-refractivity contribution in [3.05, 3.63) is 50.7 Å². The van der Waals surface area contributed by atoms with Crippen molar-refractivity contribution < 1.29 is 0 Å². The van der Waals surface area contributed by atoms with Crippen molar-refractivity contribution in [3.8, 4) is 0 Å². The Morgan fingerprint density at radius 3 is 2.68 bits per heavy atom. The largest absolute Gasteiger partial charge is 0.271 e. The van der Waals surface area contributed by atoms with Crippen molar-refractivity contribution in [2.24, 2.45) is 12.9 Å². The number of hydrogen-bond donors (Lipinski definition) is 2. The van der Waals surface area contributed by atoms with Crippen LogP contribution >= 0.6 is 27.5 Å². The molecule has 0 amide bonds. The topological polar surface area (TPSA) is 55.9 Å². The number of nitrogens with zero attached hydrogens (tertiary/aromatic N) is 2. The second kappa shape index (κ2) is 6.05. The van der Waals surface area contributed by atoms with Gasteiger partial charge in [-0.3, -0.25) is 16.0 Å². The number of aromatic nitrogens is 2. The zero-order valence-electron chi connectivity index (χ0n) is 10.8. The van der Waals surface area contributed by atoms with Gasteiger partial charge in [-0.1, -0.05) is 29.8 Å². The van der Waals surface area contributed by atoms with Crippen LogP contribution in [0.4, 0.5) is 0 Å². The molecule has 2 aromatic rings. The lowest BCUT2D eigenvalue weighted by Gasteiger charge is -2.18. The molecular formula is C13H16BrClN4. The molecule has 2 rings (SSSR count). The SMILES string of the molecule is Cc1nn(C)c(CC(NN)c2ccccc2Cl)c1Br. The fraction of sp³-hybridized carbons (Fsp3) is 0.308. The van der Waals surface area contributed by atoms with E-state index in [4.69, 9.17) is 17.4 Å². The van der Waals surface area contributed by atoms with Gasteiger partial charge in [-0.2, -0.15) is 5.10 Å². The normalized spacial score (nSPS) is 12.7. The molecule has 3 N–H and O–H groups in total. The predicted octanol–water partition coefficient (Wildman–Crippen LogP) is 2.89. The molecule has 1 aromatic carbocycles. The first-order valence-electron chi connectivity index (χ1n) is 5.93. The Hall–Kier alpha value is -0.880. The number of hydrogen-bond acceptors (Lipinski definition) is 3. The van der Waals surface area contributed by atoms with Crippen LogP contribution in [0.3, 0.4) is 0 Å². The van der Waals surface area contributed by atoms with Crippen molar-refractivity contribution in [3.63, 3.8) is 0 Å². The summed E-state index contributed by atoms with van der Waals surface area (Å²) in [7, 11) is 1.92. The molecular weight excluding hydrogens is 328 g/mol. The first-order chi connectivity index (χ1) is 9.04. The summed E-state index contributed by atoms with van der Waals surface area (Å²) in [6, 6.07) is 7.65. The molecule has 0 aliphatic rings. The van der Waals surface area contributed by atoms with Gasteiger partial charge in [0.05, 0.1) is 21.9 Å². The molecule has 0 saturated carbocycles. The number of aryl methyl sites for hydroxylation is 2. The Morgan fingerprint density at radius 2 is 2.16 bits per heavy atom. The summed E-state index contributed by atoms with van der Waals surface area (Å²) in [6.45, 7) is 1.97. The summed E-state index contributed by atoms with van der Waals surface area (Å²) < 4.78 is 2.88. The number of hydrazine groups is 1. The number of halogens is 2. The van der Waals surface area contributed by atoms with E-state index in [0.717, 1.165) is 21.4 Å². The highest BCUT2D eigenvalue weighted by atomic mass is 79.9. The lowest BCUT2D eigenvalue weighted by atomic mass is 10.0. The van der Waals surface area contributed by atoms with Crippen LogP contribution in [0, 0.1) is 6.92 Å². The van der Waals surface area contributed by atoms with Gasteiger partial charge in [-0.25, -0.2) is 0 Å². The summed E-state index contributed by atoms with van der Waals surface area (Å²) in [6.07, 6.45) is 0.707. The maximum atomic E-state index is 6.22. The smallest absolute Gasteiger partial charge is 0.0738 e. The maximum absolute atomic E-state index is 6.22. The van der Waals surface area contributed by atoms with E-state index in [0.29, 0.717) is 11.4 Å². The molecule has 0 radical (unpaired) electrons. The zero-order chi connectivity index (χ0) is 14.0. The molecule has 6 heteroatoms. The van der Waals surface area contributed by atoms with Gasteiger partial charge in [0.15, 0.2) is 0 Å². The van der Waals surface area contributed by atoms with E-state index in [-0.39, 0.29) is 6.04 Å². The van der Waals surface area contributed by atoms with E-state index in [9.17, 15) is 0 Å². The lowest BCUT2D eigenvalue weighted by molar-refractivity contribution is 0.529. The Bertz CT molecular complexity index is 582. The third-order valence-electron chi connectivity index (χ3n) is 3.14. The van der Waals surface area contributed by atoms with Gasteiger partial charge in [-0.05, 0) is 34.5 Å². The second-order valence-corrected chi connectivity index (χ2v) is 5.61. The van der Waals surface area contributed by atoms with Crippen LogP contribution in [0.15, 0.2) is 28.7 Å². The molecule has 0 fully saturated rings. The number of benzene rings is 1. The molecule has 0 aliphatic carbocycles. The van der Waals surface area contributed by atoms with E-state index >= 15 is 0 Å². The van der Waals surface area contributed by atoms with E-state index in [2.05, 4.69) is 26.5 Å². The molecule has 0 spiro atoms. The summed E-state index contributed by atoms with van der Waals surface area (Å²) >= 11 is 9.78. The number of nitrogens with two attached hydrogens (primary N) is 1. The molecule has 1 heterocycles. The monoisotopic (exact) mass is 342 g/mol. The van der Waals surface area contributed by atoms with Crippen molar-refractivity contribution in [2.45, 2.75) is 19.4 Å². The van der Waals surface area contributed by atoms with Gasteiger partial charge < -0.3 is 0 Å². The third-order valence-corrected chi connectivity index (χ3v) is 4.52. The number of nitrogens with one attached hydrogen (secondary N) is 1. The van der Waals surface area contributed by atoms with Gasteiger partial charge >= 0.3 is 0 Å². The van der Waals surface area contributed by atoms with Gasteiger partial charge in [0.1, 0.15) is 0 Å². The molecule has 4 nitrogen and oxygen atoms in total. The Balaban J connectivity index is 2.32. The molecule has 1 unspecified atom stereocenters. The van der Waals surface area contributed by atoms with Crippen LogP contribution in [0.25, 0.3) is 0 Å². The van der Waals surface area contributed by atoms with Crippen LogP contribution in [0.1, 0.15) is 23.0 Å². The standard InChI is InChI=1S/C13H16BrClN4/c1-8-13(14)12(19(2)18-8)7-11(17-16)9-5-3-4-6-10(9)15/h3-6,11,17H,7,16H2,1-2H3. The van der Waals surface area contributed by atoms with Gasteiger partial charge in [-0.15, -0.1) is 0 Å². The molecule has 1 aromatic heterocycles. The lowest BCUT2D eigenvalue weighted by Crippen LogP contribution is -2.30. The third kappa shape index (κ3) is 3.00. The molecule has 0 saturated heterocycles. The van der Waals surface area contributed by atoms with Gasteiger partial charge in [0.25, 0.3) is 0 Å². The first-order valence-corrected chi connectivity index (χ1v) is 7.10. The highest BCUT2D eigenvalue weighted by Gasteiger charge is 2.18. The second-order valence-electron chi connectivity index (χ2n) is 4.41. The molecule has 0 aliphatic heterocycles. The summed E-state index contributed by atoms with van der Waals surface area (Å²) in [5.74, 6) is 5.67. The van der Waals surface area contributed by atoms with Gasteiger partial charge in [0, 0.05) is 18.5 Å². The number of rotatable bonds is 4. The highest BCUT2D eigenvalue weighted by Crippen LogP contribution is 2.28. The minimum absolute atomic E-state index is 0.0557. The zero-order valence-corrected chi connectivity index (χ0v) is 13.2. The molecule has 19 heavy (non-hydrogen) atoms. The average molecular weight is 344 g/mol. The molecule has 1 atom stereocenters. The molecule has 0 bridgehead atoms. The first kappa shape index (κ1) is 14.5. The Labute approximate surface area is 126 Å². The Kier molecular flexibility index (Phi) is 4.62.